The van der Waals surface area contributed by atoms with Gasteiger partial charge in [0.15, 0.2) is 0 Å². The van der Waals surface area contributed by atoms with Gasteiger partial charge in [0.1, 0.15) is 0 Å². The Hall–Kier alpha value is -0.860. The highest BCUT2D eigenvalue weighted by atomic mass is 16.2. The van der Waals surface area contributed by atoms with E-state index in [0.717, 1.165) is 6.42 Å². The third-order valence-electron chi connectivity index (χ3n) is 1.90. The van der Waals surface area contributed by atoms with E-state index in [1.165, 1.54) is 7.05 Å². The van der Waals surface area contributed by atoms with Crippen molar-refractivity contribution < 1.29 is 9.59 Å². The van der Waals surface area contributed by atoms with Crippen LogP contribution in [0.5, 0.6) is 0 Å². The first-order valence-corrected chi connectivity index (χ1v) is 3.42. The molecule has 0 aromatic heterocycles. The summed E-state index contributed by atoms with van der Waals surface area (Å²) in [6.45, 7) is 1.98. The number of amides is 1. The minimum absolute atomic E-state index is 0.0138. The van der Waals surface area contributed by atoms with Crippen LogP contribution < -0.4 is 5.32 Å². The van der Waals surface area contributed by atoms with Gasteiger partial charge in [-0.2, -0.15) is 0 Å². The first kappa shape index (κ1) is 7.25. The second kappa shape index (κ2) is 2.40. The maximum absolute atomic E-state index is 10.9. The Labute approximate surface area is 59.8 Å². The third-order valence-corrected chi connectivity index (χ3v) is 1.90. The van der Waals surface area contributed by atoms with E-state index in [4.69, 9.17) is 0 Å². The molecule has 0 aromatic carbocycles. The van der Waals surface area contributed by atoms with Gasteiger partial charge >= 0.3 is 0 Å². The van der Waals surface area contributed by atoms with Gasteiger partial charge in [-0.3, -0.25) is 9.59 Å². The van der Waals surface area contributed by atoms with E-state index in [0.29, 0.717) is 5.92 Å². The average molecular weight is 141 g/mol. The molecule has 0 heterocycles. The summed E-state index contributed by atoms with van der Waals surface area (Å²) in [5, 5.41) is 2.32. The summed E-state index contributed by atoms with van der Waals surface area (Å²) in [6, 6.07) is 0. The van der Waals surface area contributed by atoms with Crippen LogP contribution in [-0.4, -0.2) is 18.7 Å². The molecule has 0 aliphatic heterocycles. The predicted octanol–water partition coefficient (Wildman–Crippen LogP) is -0.0425. The number of carbonyl (C=O) groups is 2. The number of likely N-dealkylation sites (N-methyl/N-ethyl adjacent to an activating group) is 1. The van der Waals surface area contributed by atoms with Gasteiger partial charge in [0, 0.05) is 13.0 Å². The highest BCUT2D eigenvalue weighted by molar-refractivity contribution is 6.37. The molecule has 10 heavy (non-hydrogen) atoms. The van der Waals surface area contributed by atoms with Crippen molar-refractivity contribution in [2.24, 2.45) is 11.8 Å². The normalized spacial score (nSPS) is 29.4. The fourth-order valence-electron chi connectivity index (χ4n) is 0.979. The lowest BCUT2D eigenvalue weighted by Gasteiger charge is -1.94. The zero-order valence-electron chi connectivity index (χ0n) is 6.18. The molecule has 0 bridgehead atoms. The lowest BCUT2D eigenvalue weighted by Crippen LogP contribution is -2.28. The van der Waals surface area contributed by atoms with Crippen LogP contribution in [0.2, 0.25) is 0 Å². The second-order valence-corrected chi connectivity index (χ2v) is 2.76. The number of hydrogen-bond acceptors (Lipinski definition) is 2. The van der Waals surface area contributed by atoms with E-state index in [9.17, 15) is 9.59 Å². The highest BCUT2D eigenvalue weighted by Gasteiger charge is 2.41. The summed E-state index contributed by atoms with van der Waals surface area (Å²) < 4.78 is 0. The quantitative estimate of drug-likeness (QED) is 0.548. The minimum atomic E-state index is -0.450. The maximum Gasteiger partial charge on any atom is 0.287 e. The topological polar surface area (TPSA) is 46.2 Å². The Kier molecular flexibility index (Phi) is 1.74. The lowest BCUT2D eigenvalue weighted by atomic mass is 10.2. The van der Waals surface area contributed by atoms with Crippen molar-refractivity contribution in [1.82, 2.24) is 5.32 Å². The van der Waals surface area contributed by atoms with E-state index in [1.54, 1.807) is 0 Å². The fraction of sp³-hybridized carbons (Fsp3) is 0.714. The Morgan fingerprint density at radius 1 is 1.50 bits per heavy atom. The predicted molar refractivity (Wildman–Crippen MR) is 36.3 cm³/mol. The van der Waals surface area contributed by atoms with Crippen molar-refractivity contribution in [3.05, 3.63) is 0 Å². The minimum Gasteiger partial charge on any atom is -0.353 e. The van der Waals surface area contributed by atoms with E-state index in [-0.39, 0.29) is 11.7 Å². The largest absolute Gasteiger partial charge is 0.353 e. The van der Waals surface area contributed by atoms with Crippen LogP contribution >= 0.6 is 0 Å². The molecule has 3 heteroatoms. The number of carbonyl (C=O) groups excluding carboxylic acids is 2. The Morgan fingerprint density at radius 2 is 2.00 bits per heavy atom. The van der Waals surface area contributed by atoms with Crippen LogP contribution in [0.15, 0.2) is 0 Å². The standard InChI is InChI=1S/C7H11NO2/c1-4-3-5(4)6(9)7(10)8-2/h4-5H,3H2,1-2H3,(H,8,10). The SMILES string of the molecule is CNC(=O)C(=O)C1CC1C. The van der Waals surface area contributed by atoms with Crippen LogP contribution in [0.4, 0.5) is 0 Å². The summed E-state index contributed by atoms with van der Waals surface area (Å²) in [4.78, 5) is 21.6. The van der Waals surface area contributed by atoms with Crippen molar-refractivity contribution in [3.8, 4) is 0 Å². The molecule has 3 nitrogen and oxygen atoms in total. The number of Topliss-reactive ketones (excluding diaryl/α,β-unsaturated/α-hetero) is 1. The molecular formula is C7H11NO2. The molecule has 1 fully saturated rings. The van der Waals surface area contributed by atoms with Crippen LogP contribution in [0.3, 0.4) is 0 Å². The second-order valence-electron chi connectivity index (χ2n) is 2.76. The molecule has 1 aliphatic carbocycles. The fourth-order valence-corrected chi connectivity index (χ4v) is 0.979. The van der Waals surface area contributed by atoms with Gasteiger partial charge in [-0.15, -0.1) is 0 Å². The summed E-state index contributed by atoms with van der Waals surface area (Å²) in [7, 11) is 1.48. The average Bonchev–Trinajstić information content (AvgIpc) is 2.63. The van der Waals surface area contributed by atoms with Gasteiger partial charge in [0.2, 0.25) is 5.78 Å². The summed E-state index contributed by atoms with van der Waals surface area (Å²) >= 11 is 0. The molecule has 56 valence electrons. The first-order chi connectivity index (χ1) is 4.66. The van der Waals surface area contributed by atoms with E-state index in [2.05, 4.69) is 5.32 Å². The number of hydrogen-bond donors (Lipinski definition) is 1. The number of rotatable bonds is 2. The van der Waals surface area contributed by atoms with E-state index >= 15 is 0 Å². The number of nitrogens with one attached hydrogen (secondary N) is 1. The molecule has 2 unspecified atom stereocenters. The van der Waals surface area contributed by atoms with E-state index < -0.39 is 5.91 Å². The van der Waals surface area contributed by atoms with Crippen LogP contribution in [0.1, 0.15) is 13.3 Å². The van der Waals surface area contributed by atoms with Gasteiger partial charge in [-0.25, -0.2) is 0 Å². The monoisotopic (exact) mass is 141 g/mol. The van der Waals surface area contributed by atoms with Crippen molar-refractivity contribution in [1.29, 1.82) is 0 Å². The van der Waals surface area contributed by atoms with Gasteiger partial charge in [-0.1, -0.05) is 6.92 Å². The summed E-state index contributed by atoms with van der Waals surface area (Å²) in [5.41, 5.74) is 0. The molecule has 1 saturated carbocycles. The van der Waals surface area contributed by atoms with Crippen molar-refractivity contribution in [2.75, 3.05) is 7.05 Å². The Bertz CT molecular complexity index is 176. The molecule has 1 rings (SSSR count). The van der Waals surface area contributed by atoms with Crippen molar-refractivity contribution in [3.63, 3.8) is 0 Å². The van der Waals surface area contributed by atoms with Gasteiger partial charge in [0.05, 0.1) is 0 Å². The first-order valence-electron chi connectivity index (χ1n) is 3.42. The molecule has 0 spiro atoms. The lowest BCUT2D eigenvalue weighted by molar-refractivity contribution is -0.138. The molecule has 1 aliphatic rings. The molecule has 2 atom stereocenters. The Balaban J connectivity index is 2.43. The van der Waals surface area contributed by atoms with Crippen LogP contribution in [0, 0.1) is 11.8 Å². The summed E-state index contributed by atoms with van der Waals surface area (Å²) in [6.07, 6.45) is 0.881. The maximum atomic E-state index is 10.9. The molecule has 1 amide bonds. The summed E-state index contributed by atoms with van der Waals surface area (Å²) in [5.74, 6) is -0.269. The Morgan fingerprint density at radius 3 is 2.30 bits per heavy atom. The van der Waals surface area contributed by atoms with Crippen LogP contribution in [0.25, 0.3) is 0 Å². The number of ketones is 1. The molecule has 1 N–H and O–H groups in total. The highest BCUT2D eigenvalue weighted by Crippen LogP contribution is 2.38. The zero-order valence-corrected chi connectivity index (χ0v) is 6.18. The molecule has 0 radical (unpaired) electrons. The molecule has 0 aromatic rings. The third kappa shape index (κ3) is 1.17. The van der Waals surface area contributed by atoms with Gasteiger partial charge < -0.3 is 5.32 Å². The molecular weight excluding hydrogens is 130 g/mol. The van der Waals surface area contributed by atoms with Crippen molar-refractivity contribution >= 4 is 11.7 Å². The smallest absolute Gasteiger partial charge is 0.287 e. The van der Waals surface area contributed by atoms with Gasteiger partial charge in [0.25, 0.3) is 5.91 Å². The van der Waals surface area contributed by atoms with E-state index in [1.807, 2.05) is 6.92 Å². The van der Waals surface area contributed by atoms with Crippen LogP contribution in [-0.2, 0) is 9.59 Å². The van der Waals surface area contributed by atoms with Crippen molar-refractivity contribution in [2.45, 2.75) is 13.3 Å². The zero-order chi connectivity index (χ0) is 7.72. The van der Waals surface area contributed by atoms with Gasteiger partial charge in [-0.05, 0) is 12.3 Å². The molecule has 0 saturated heterocycles.